The molecule has 0 radical (unpaired) electrons. The lowest BCUT2D eigenvalue weighted by molar-refractivity contribution is -0.116. The number of carbonyl (C=O) groups excluding carboxylic acids is 1. The average Bonchev–Trinajstić information content (AvgIpc) is 2.62. The highest BCUT2D eigenvalue weighted by Gasteiger charge is 2.23. The van der Waals surface area contributed by atoms with Crippen molar-refractivity contribution < 1.29 is 14.3 Å². The summed E-state index contributed by atoms with van der Waals surface area (Å²) in [4.78, 5) is 14.6. The van der Waals surface area contributed by atoms with Crippen LogP contribution in [0.5, 0.6) is 5.75 Å². The SMILES string of the molecule is CCOc1ccccc1/C=C/C(=O)NCC(C(C)C)N1CCOCC1. The van der Waals surface area contributed by atoms with E-state index < -0.39 is 0 Å². The highest BCUT2D eigenvalue weighted by atomic mass is 16.5. The molecule has 25 heavy (non-hydrogen) atoms. The first-order valence-corrected chi connectivity index (χ1v) is 9.11. The Morgan fingerprint density at radius 2 is 2.04 bits per heavy atom. The predicted octanol–water partition coefficient (Wildman–Crippen LogP) is 2.57. The molecule has 1 aromatic rings. The van der Waals surface area contributed by atoms with E-state index in [-0.39, 0.29) is 5.91 Å². The zero-order chi connectivity index (χ0) is 18.1. The van der Waals surface area contributed by atoms with Crippen molar-refractivity contribution in [2.24, 2.45) is 5.92 Å². The van der Waals surface area contributed by atoms with Crippen LogP contribution in [0.2, 0.25) is 0 Å². The van der Waals surface area contributed by atoms with E-state index in [1.807, 2.05) is 31.2 Å². The minimum atomic E-state index is -0.0785. The standard InChI is InChI=1S/C20H30N2O3/c1-4-25-19-8-6-5-7-17(19)9-10-20(23)21-15-18(16(2)3)22-11-13-24-14-12-22/h5-10,16,18H,4,11-15H2,1-3H3,(H,21,23)/b10-9+. The van der Waals surface area contributed by atoms with Crippen LogP contribution in [0.1, 0.15) is 26.3 Å². The summed E-state index contributed by atoms with van der Waals surface area (Å²) in [6, 6.07) is 8.05. The van der Waals surface area contributed by atoms with Gasteiger partial charge in [0.15, 0.2) is 0 Å². The molecule has 1 fully saturated rings. The van der Waals surface area contributed by atoms with E-state index in [9.17, 15) is 4.79 Å². The summed E-state index contributed by atoms with van der Waals surface area (Å²) in [6.45, 7) is 11.0. The molecule has 138 valence electrons. The molecular formula is C20H30N2O3. The van der Waals surface area contributed by atoms with Gasteiger partial charge in [0.1, 0.15) is 5.75 Å². The Bertz CT molecular complexity index is 566. The zero-order valence-electron chi connectivity index (χ0n) is 15.5. The van der Waals surface area contributed by atoms with E-state index in [4.69, 9.17) is 9.47 Å². The van der Waals surface area contributed by atoms with Crippen LogP contribution in [0, 0.1) is 5.92 Å². The maximum Gasteiger partial charge on any atom is 0.244 e. The quantitative estimate of drug-likeness (QED) is 0.735. The molecule has 0 saturated carbocycles. The summed E-state index contributed by atoms with van der Waals surface area (Å²) in [5.41, 5.74) is 0.910. The molecule has 0 bridgehead atoms. The van der Waals surface area contributed by atoms with Gasteiger partial charge in [-0.3, -0.25) is 9.69 Å². The highest BCUT2D eigenvalue weighted by molar-refractivity contribution is 5.92. The maximum atomic E-state index is 12.2. The van der Waals surface area contributed by atoms with Gasteiger partial charge in [-0.2, -0.15) is 0 Å². The smallest absolute Gasteiger partial charge is 0.244 e. The lowest BCUT2D eigenvalue weighted by Gasteiger charge is -2.36. The molecule has 5 heteroatoms. The van der Waals surface area contributed by atoms with Gasteiger partial charge in [0, 0.05) is 37.3 Å². The summed E-state index contributed by atoms with van der Waals surface area (Å²) in [5, 5.41) is 3.03. The number of hydrogen-bond acceptors (Lipinski definition) is 4. The predicted molar refractivity (Wildman–Crippen MR) is 101 cm³/mol. The number of nitrogens with one attached hydrogen (secondary N) is 1. The van der Waals surface area contributed by atoms with Gasteiger partial charge in [0.05, 0.1) is 19.8 Å². The van der Waals surface area contributed by atoms with Crippen LogP contribution < -0.4 is 10.1 Å². The number of benzene rings is 1. The first-order valence-electron chi connectivity index (χ1n) is 9.11. The fraction of sp³-hybridized carbons (Fsp3) is 0.550. The van der Waals surface area contributed by atoms with E-state index in [1.165, 1.54) is 0 Å². The van der Waals surface area contributed by atoms with Gasteiger partial charge in [0.2, 0.25) is 5.91 Å². The largest absolute Gasteiger partial charge is 0.493 e. The van der Waals surface area contributed by atoms with Crippen LogP contribution in [0.4, 0.5) is 0 Å². The summed E-state index contributed by atoms with van der Waals surface area (Å²) >= 11 is 0. The Hall–Kier alpha value is -1.85. The second-order valence-electron chi connectivity index (χ2n) is 6.51. The van der Waals surface area contributed by atoms with E-state index in [0.29, 0.717) is 25.1 Å². The Balaban J connectivity index is 1.90. The van der Waals surface area contributed by atoms with Crippen LogP contribution in [-0.2, 0) is 9.53 Å². The molecule has 1 unspecified atom stereocenters. The van der Waals surface area contributed by atoms with Crippen LogP contribution >= 0.6 is 0 Å². The minimum Gasteiger partial charge on any atom is -0.493 e. The average molecular weight is 346 g/mol. The molecule has 1 atom stereocenters. The van der Waals surface area contributed by atoms with Crippen LogP contribution in [-0.4, -0.2) is 56.3 Å². The maximum absolute atomic E-state index is 12.2. The fourth-order valence-corrected chi connectivity index (χ4v) is 3.03. The van der Waals surface area contributed by atoms with Gasteiger partial charge in [-0.25, -0.2) is 0 Å². The number of amides is 1. The molecule has 1 aromatic carbocycles. The van der Waals surface area contributed by atoms with Crippen molar-refractivity contribution in [2.75, 3.05) is 39.5 Å². The number of carbonyl (C=O) groups is 1. The Kier molecular flexibility index (Phi) is 7.95. The first-order chi connectivity index (χ1) is 12.1. The lowest BCUT2D eigenvalue weighted by atomic mass is 10.0. The second kappa shape index (κ2) is 10.2. The summed E-state index contributed by atoms with van der Waals surface area (Å²) < 4.78 is 11.0. The summed E-state index contributed by atoms with van der Waals surface area (Å²) in [7, 11) is 0. The molecule has 1 saturated heterocycles. The molecule has 1 aliphatic rings. The van der Waals surface area contributed by atoms with Crippen molar-refractivity contribution in [2.45, 2.75) is 26.8 Å². The molecule has 1 amide bonds. The van der Waals surface area contributed by atoms with Crippen molar-refractivity contribution in [3.05, 3.63) is 35.9 Å². The molecule has 1 heterocycles. The van der Waals surface area contributed by atoms with Gasteiger partial charge in [-0.15, -0.1) is 0 Å². The third kappa shape index (κ3) is 6.18. The molecule has 1 aliphatic heterocycles. The molecule has 5 nitrogen and oxygen atoms in total. The van der Waals surface area contributed by atoms with Crippen molar-refractivity contribution in [1.82, 2.24) is 10.2 Å². The lowest BCUT2D eigenvalue weighted by Crippen LogP contribution is -2.51. The van der Waals surface area contributed by atoms with Crippen LogP contribution in [0.3, 0.4) is 0 Å². The number of hydrogen-bond donors (Lipinski definition) is 1. The number of morpholine rings is 1. The normalized spacial score (nSPS) is 17.0. The van der Waals surface area contributed by atoms with Crippen LogP contribution in [0.15, 0.2) is 30.3 Å². The first kappa shape index (κ1) is 19.5. The Labute approximate surface area is 151 Å². The van der Waals surface area contributed by atoms with Gasteiger partial charge in [-0.05, 0) is 25.0 Å². The second-order valence-corrected chi connectivity index (χ2v) is 6.51. The topological polar surface area (TPSA) is 50.8 Å². The molecule has 0 aromatic heterocycles. The van der Waals surface area contributed by atoms with Gasteiger partial charge in [-0.1, -0.05) is 32.0 Å². The summed E-state index contributed by atoms with van der Waals surface area (Å²) in [6.07, 6.45) is 3.38. The molecule has 0 aliphatic carbocycles. The molecule has 0 spiro atoms. The number of rotatable bonds is 8. The van der Waals surface area contributed by atoms with E-state index >= 15 is 0 Å². The van der Waals surface area contributed by atoms with Gasteiger partial charge >= 0.3 is 0 Å². The van der Waals surface area contributed by atoms with Crippen molar-refractivity contribution in [3.63, 3.8) is 0 Å². The fourth-order valence-electron chi connectivity index (χ4n) is 3.03. The third-order valence-electron chi connectivity index (χ3n) is 4.40. The number of nitrogens with zero attached hydrogens (tertiary/aromatic N) is 1. The van der Waals surface area contributed by atoms with Crippen molar-refractivity contribution in [1.29, 1.82) is 0 Å². The van der Waals surface area contributed by atoms with E-state index in [2.05, 4.69) is 24.1 Å². The molecule has 1 N–H and O–H groups in total. The number of para-hydroxylation sites is 1. The van der Waals surface area contributed by atoms with Gasteiger partial charge in [0.25, 0.3) is 0 Å². The van der Waals surface area contributed by atoms with Gasteiger partial charge < -0.3 is 14.8 Å². The monoisotopic (exact) mass is 346 g/mol. The number of ether oxygens (including phenoxy) is 2. The summed E-state index contributed by atoms with van der Waals surface area (Å²) in [5.74, 6) is 1.19. The Morgan fingerprint density at radius 3 is 2.72 bits per heavy atom. The zero-order valence-corrected chi connectivity index (χ0v) is 15.5. The van der Waals surface area contributed by atoms with E-state index in [0.717, 1.165) is 37.6 Å². The minimum absolute atomic E-state index is 0.0785. The third-order valence-corrected chi connectivity index (χ3v) is 4.40. The van der Waals surface area contributed by atoms with Crippen molar-refractivity contribution in [3.8, 4) is 5.75 Å². The Morgan fingerprint density at radius 1 is 1.32 bits per heavy atom. The highest BCUT2D eigenvalue weighted by Crippen LogP contribution is 2.19. The van der Waals surface area contributed by atoms with Crippen molar-refractivity contribution >= 4 is 12.0 Å². The van der Waals surface area contributed by atoms with Crippen LogP contribution in [0.25, 0.3) is 6.08 Å². The molecule has 2 rings (SSSR count). The van der Waals surface area contributed by atoms with E-state index in [1.54, 1.807) is 12.2 Å². The molecular weight excluding hydrogens is 316 g/mol.